The molecule has 2 aliphatic heterocycles. The van der Waals surface area contributed by atoms with Gasteiger partial charge < -0.3 is 18.3 Å². The van der Waals surface area contributed by atoms with Gasteiger partial charge in [-0.3, -0.25) is 4.79 Å². The number of hydrogen-bond donors (Lipinski definition) is 0. The van der Waals surface area contributed by atoms with Crippen LogP contribution in [0, 0.1) is 5.41 Å². The Kier molecular flexibility index (Phi) is 3.87. The normalized spacial score (nSPS) is 40.6. The highest BCUT2D eigenvalue weighted by Gasteiger charge is 2.77. The third-order valence-electron chi connectivity index (χ3n) is 7.62. The van der Waals surface area contributed by atoms with Crippen LogP contribution in [-0.2, 0) is 14.3 Å². The SMILES string of the molecule is C[C@]12CCCC[C@@]13O[C@@H](C2=O)C1(O3)/C(=C/c2ccco2)CCC/C1=C\c1ccco1. The Hall–Kier alpha value is -2.37. The van der Waals surface area contributed by atoms with Crippen molar-refractivity contribution in [1.82, 2.24) is 0 Å². The summed E-state index contributed by atoms with van der Waals surface area (Å²) in [5.74, 6) is 0.887. The van der Waals surface area contributed by atoms with Crippen molar-refractivity contribution >= 4 is 17.9 Å². The molecule has 0 radical (unpaired) electrons. The fourth-order valence-corrected chi connectivity index (χ4v) is 6.07. The number of hydrogen-bond acceptors (Lipinski definition) is 5. The van der Waals surface area contributed by atoms with Gasteiger partial charge in [0.05, 0.1) is 17.9 Å². The molecule has 2 saturated carbocycles. The van der Waals surface area contributed by atoms with E-state index in [0.717, 1.165) is 67.6 Å². The Morgan fingerprint density at radius 1 is 0.933 bits per heavy atom. The first kappa shape index (κ1) is 18.4. The van der Waals surface area contributed by atoms with Crippen molar-refractivity contribution in [3.63, 3.8) is 0 Å². The number of carbonyl (C=O) groups is 1. The van der Waals surface area contributed by atoms with Gasteiger partial charge in [0.15, 0.2) is 17.7 Å². The number of carbonyl (C=O) groups excluding carboxylic acids is 1. The maximum atomic E-state index is 13.8. The molecule has 3 atom stereocenters. The summed E-state index contributed by atoms with van der Waals surface area (Å²) in [7, 11) is 0. The van der Waals surface area contributed by atoms with Gasteiger partial charge in [-0.05, 0) is 86.6 Å². The van der Waals surface area contributed by atoms with Crippen LogP contribution in [0.5, 0.6) is 0 Å². The Balaban J connectivity index is 1.54. The predicted molar refractivity (Wildman–Crippen MR) is 110 cm³/mol. The number of rotatable bonds is 2. The van der Waals surface area contributed by atoms with Gasteiger partial charge in [-0.1, -0.05) is 6.42 Å². The zero-order chi connectivity index (χ0) is 20.4. The summed E-state index contributed by atoms with van der Waals surface area (Å²) in [5, 5.41) is 0. The lowest BCUT2D eigenvalue weighted by Gasteiger charge is -2.51. The highest BCUT2D eigenvalue weighted by atomic mass is 16.8. The molecular formula is C25H26O5. The van der Waals surface area contributed by atoms with E-state index in [1.165, 1.54) is 0 Å². The Morgan fingerprint density at radius 2 is 1.57 bits per heavy atom. The molecule has 30 heavy (non-hydrogen) atoms. The van der Waals surface area contributed by atoms with Crippen LogP contribution in [0.1, 0.15) is 63.4 Å². The summed E-state index contributed by atoms with van der Waals surface area (Å²) >= 11 is 0. The van der Waals surface area contributed by atoms with E-state index in [-0.39, 0.29) is 5.78 Å². The maximum Gasteiger partial charge on any atom is 0.183 e. The van der Waals surface area contributed by atoms with Gasteiger partial charge in [0.25, 0.3) is 0 Å². The number of ketones is 1. The number of Topliss-reactive ketones (excluding diaryl/α,β-unsaturated/α-hetero) is 1. The molecule has 4 heterocycles. The van der Waals surface area contributed by atoms with Crippen molar-refractivity contribution in [1.29, 1.82) is 0 Å². The third-order valence-corrected chi connectivity index (χ3v) is 7.62. The lowest BCUT2D eigenvalue weighted by Crippen LogP contribution is -2.61. The second kappa shape index (κ2) is 6.32. The molecule has 2 spiro atoms. The van der Waals surface area contributed by atoms with Crippen molar-refractivity contribution in [3.05, 3.63) is 59.5 Å². The summed E-state index contributed by atoms with van der Waals surface area (Å²) in [6, 6.07) is 7.62. The molecular weight excluding hydrogens is 380 g/mol. The molecule has 5 heteroatoms. The first-order valence-electron chi connectivity index (χ1n) is 11.0. The lowest BCUT2D eigenvalue weighted by atomic mass is 9.61. The quantitative estimate of drug-likeness (QED) is 0.655. The van der Waals surface area contributed by atoms with Crippen molar-refractivity contribution < 1.29 is 23.1 Å². The van der Waals surface area contributed by atoms with Crippen LogP contribution in [0.4, 0.5) is 0 Å². The van der Waals surface area contributed by atoms with Gasteiger partial charge in [-0.2, -0.15) is 0 Å². The van der Waals surface area contributed by atoms with E-state index in [2.05, 4.69) is 0 Å². The van der Waals surface area contributed by atoms with Gasteiger partial charge in [-0.15, -0.1) is 0 Å². The second-order valence-electron chi connectivity index (χ2n) is 9.22. The van der Waals surface area contributed by atoms with E-state index in [1.807, 2.05) is 43.3 Å². The monoisotopic (exact) mass is 406 g/mol. The van der Waals surface area contributed by atoms with Crippen molar-refractivity contribution in [2.24, 2.45) is 5.41 Å². The van der Waals surface area contributed by atoms with Crippen molar-refractivity contribution in [3.8, 4) is 0 Å². The molecule has 0 amide bonds. The van der Waals surface area contributed by atoms with E-state index < -0.39 is 22.9 Å². The molecule has 2 aliphatic carbocycles. The van der Waals surface area contributed by atoms with E-state index >= 15 is 0 Å². The molecule has 0 unspecified atom stereocenters. The molecule has 2 saturated heterocycles. The molecule has 2 aromatic heterocycles. The van der Waals surface area contributed by atoms with Crippen LogP contribution in [0.15, 0.2) is 56.8 Å². The number of furan rings is 2. The van der Waals surface area contributed by atoms with Gasteiger partial charge in [0.2, 0.25) is 0 Å². The van der Waals surface area contributed by atoms with E-state index in [0.29, 0.717) is 0 Å². The standard InChI is InChI=1S/C25H26O5/c1-23-11-2-3-12-24(23)29-22(21(23)26)25(30-24)17(15-19-9-5-13-27-19)7-4-8-18(25)16-20-10-6-14-28-20/h5-6,9-10,13-16,22H,2-4,7-8,11-12H2,1H3/b17-15+,18-16+/t22-,23+,24-/m0/s1. The summed E-state index contributed by atoms with van der Waals surface area (Å²) in [4.78, 5) is 13.8. The summed E-state index contributed by atoms with van der Waals surface area (Å²) in [5.41, 5.74) is 0.671. The van der Waals surface area contributed by atoms with Crippen LogP contribution >= 0.6 is 0 Å². The van der Waals surface area contributed by atoms with Crippen molar-refractivity contribution in [2.75, 3.05) is 0 Å². The first-order valence-corrected chi connectivity index (χ1v) is 11.0. The molecule has 5 nitrogen and oxygen atoms in total. The second-order valence-corrected chi connectivity index (χ2v) is 9.22. The molecule has 156 valence electrons. The fraction of sp³-hybridized carbons (Fsp3) is 0.480. The van der Waals surface area contributed by atoms with Gasteiger partial charge in [-0.25, -0.2) is 0 Å². The topological polar surface area (TPSA) is 61.8 Å². The summed E-state index contributed by atoms with van der Waals surface area (Å²) in [6.45, 7) is 2.04. The van der Waals surface area contributed by atoms with Crippen LogP contribution in [0.3, 0.4) is 0 Å². The van der Waals surface area contributed by atoms with Crippen LogP contribution in [0.25, 0.3) is 12.2 Å². The lowest BCUT2D eigenvalue weighted by molar-refractivity contribution is -0.242. The Bertz CT molecular complexity index is 976. The zero-order valence-corrected chi connectivity index (χ0v) is 17.2. The van der Waals surface area contributed by atoms with Crippen LogP contribution in [0.2, 0.25) is 0 Å². The molecule has 0 N–H and O–H groups in total. The number of ether oxygens (including phenoxy) is 2. The first-order chi connectivity index (χ1) is 14.6. The van der Waals surface area contributed by atoms with E-state index in [4.69, 9.17) is 18.3 Å². The highest BCUT2D eigenvalue weighted by Crippen LogP contribution is 2.66. The highest BCUT2D eigenvalue weighted by molar-refractivity contribution is 5.96. The van der Waals surface area contributed by atoms with E-state index in [1.54, 1.807) is 12.5 Å². The Labute approximate surface area is 175 Å². The zero-order valence-electron chi connectivity index (χ0n) is 17.2. The molecule has 2 bridgehead atoms. The minimum absolute atomic E-state index is 0.186. The molecule has 0 aromatic carbocycles. The fourth-order valence-electron chi connectivity index (χ4n) is 6.07. The summed E-state index contributed by atoms with van der Waals surface area (Å²) < 4.78 is 24.8. The average Bonchev–Trinajstić information content (AvgIpc) is 3.51. The maximum absolute atomic E-state index is 13.8. The average molecular weight is 406 g/mol. The van der Waals surface area contributed by atoms with Crippen LogP contribution < -0.4 is 0 Å². The van der Waals surface area contributed by atoms with Crippen molar-refractivity contribution in [2.45, 2.75) is 69.4 Å². The van der Waals surface area contributed by atoms with Gasteiger partial charge in [0.1, 0.15) is 17.1 Å². The van der Waals surface area contributed by atoms with E-state index in [9.17, 15) is 4.79 Å². The Morgan fingerprint density at radius 3 is 2.17 bits per heavy atom. The minimum Gasteiger partial charge on any atom is -0.465 e. The van der Waals surface area contributed by atoms with Gasteiger partial charge >= 0.3 is 0 Å². The third kappa shape index (κ3) is 2.28. The molecule has 4 aliphatic rings. The summed E-state index contributed by atoms with van der Waals surface area (Å²) in [6.07, 6.45) is 13.1. The predicted octanol–water partition coefficient (Wildman–Crippen LogP) is 5.54. The largest absolute Gasteiger partial charge is 0.465 e. The smallest absolute Gasteiger partial charge is 0.183 e. The van der Waals surface area contributed by atoms with Crippen LogP contribution in [-0.4, -0.2) is 23.3 Å². The molecule has 4 fully saturated rings. The van der Waals surface area contributed by atoms with Gasteiger partial charge in [0, 0.05) is 6.42 Å². The molecule has 2 aromatic rings. The minimum atomic E-state index is -0.883. The molecule has 6 rings (SSSR count). The number of fused-ring (bicyclic) bond motifs is 2.